The second kappa shape index (κ2) is 7.16. The third kappa shape index (κ3) is 4.82. The molecule has 1 saturated carbocycles. The number of hydrogen-bond acceptors (Lipinski definition) is 5. The van der Waals surface area contributed by atoms with E-state index in [9.17, 15) is 9.59 Å². The van der Waals surface area contributed by atoms with E-state index in [0.29, 0.717) is 12.4 Å². The van der Waals surface area contributed by atoms with E-state index in [1.807, 2.05) is 19.0 Å². The van der Waals surface area contributed by atoms with Gasteiger partial charge in [0, 0.05) is 19.0 Å². The van der Waals surface area contributed by atoms with Gasteiger partial charge in [0.15, 0.2) is 5.82 Å². The van der Waals surface area contributed by atoms with Crippen molar-refractivity contribution in [2.45, 2.75) is 25.8 Å². The highest BCUT2D eigenvalue weighted by Crippen LogP contribution is 2.27. The zero-order valence-corrected chi connectivity index (χ0v) is 12.5. The summed E-state index contributed by atoms with van der Waals surface area (Å²) in [6.07, 6.45) is 4.56. The molecule has 8 nitrogen and oxygen atoms in total. The van der Waals surface area contributed by atoms with E-state index in [1.165, 1.54) is 4.68 Å². The first-order valence-corrected chi connectivity index (χ1v) is 7.17. The minimum atomic E-state index is -0.126. The molecule has 1 aliphatic rings. The maximum atomic E-state index is 11.8. The van der Waals surface area contributed by atoms with Crippen molar-refractivity contribution in [1.82, 2.24) is 25.2 Å². The monoisotopic (exact) mass is 294 g/mol. The van der Waals surface area contributed by atoms with Crippen molar-refractivity contribution >= 4 is 17.6 Å². The zero-order valence-electron chi connectivity index (χ0n) is 12.5. The molecule has 0 aromatic carbocycles. The van der Waals surface area contributed by atoms with Crippen LogP contribution in [0, 0.1) is 5.92 Å². The Morgan fingerprint density at radius 1 is 1.43 bits per heavy atom. The van der Waals surface area contributed by atoms with Crippen LogP contribution in [0.4, 0.5) is 5.82 Å². The quantitative estimate of drug-likeness (QED) is 0.720. The molecule has 0 spiro atoms. The van der Waals surface area contributed by atoms with Crippen LogP contribution >= 0.6 is 0 Å². The molecule has 0 unspecified atom stereocenters. The molecule has 0 atom stereocenters. The van der Waals surface area contributed by atoms with Crippen LogP contribution in [0.5, 0.6) is 0 Å². The van der Waals surface area contributed by atoms with Crippen molar-refractivity contribution in [3.63, 3.8) is 0 Å². The Hall–Kier alpha value is -1.96. The predicted molar refractivity (Wildman–Crippen MR) is 77.6 cm³/mol. The lowest BCUT2D eigenvalue weighted by Gasteiger charge is -2.23. The number of carbonyl (C=O) groups is 2. The smallest absolute Gasteiger partial charge is 0.241 e. The number of anilines is 1. The molecule has 0 radical (unpaired) electrons. The van der Waals surface area contributed by atoms with Gasteiger partial charge in [0.2, 0.25) is 11.8 Å². The molecule has 0 saturated heterocycles. The lowest BCUT2D eigenvalue weighted by molar-refractivity contribution is -0.122. The fourth-order valence-corrected chi connectivity index (χ4v) is 1.95. The number of likely N-dealkylation sites (N-methyl/N-ethyl adjacent to an activating group) is 1. The first-order valence-electron chi connectivity index (χ1n) is 7.17. The lowest BCUT2D eigenvalue weighted by Crippen LogP contribution is -2.33. The van der Waals surface area contributed by atoms with Gasteiger partial charge in [-0.1, -0.05) is 11.6 Å². The summed E-state index contributed by atoms with van der Waals surface area (Å²) in [6, 6.07) is 0. The van der Waals surface area contributed by atoms with Crippen molar-refractivity contribution < 1.29 is 9.59 Å². The van der Waals surface area contributed by atoms with E-state index >= 15 is 0 Å². The van der Waals surface area contributed by atoms with Gasteiger partial charge in [-0.25, -0.2) is 4.68 Å². The zero-order chi connectivity index (χ0) is 15.2. The second-order valence-corrected chi connectivity index (χ2v) is 5.57. The van der Waals surface area contributed by atoms with Gasteiger partial charge >= 0.3 is 0 Å². The number of nitrogens with zero attached hydrogens (tertiary/aromatic N) is 4. The molecule has 2 rings (SSSR count). The van der Waals surface area contributed by atoms with Crippen LogP contribution in [0.25, 0.3) is 0 Å². The molecule has 1 aromatic rings. The summed E-state index contributed by atoms with van der Waals surface area (Å²) in [4.78, 5) is 25.4. The number of amides is 2. The summed E-state index contributed by atoms with van der Waals surface area (Å²) in [7, 11) is 3.89. The lowest BCUT2D eigenvalue weighted by atomic mass is 9.85. The van der Waals surface area contributed by atoms with E-state index in [4.69, 9.17) is 0 Å². The van der Waals surface area contributed by atoms with Crippen LogP contribution in [0.2, 0.25) is 0 Å². The summed E-state index contributed by atoms with van der Waals surface area (Å²) in [5.41, 5.74) is 0. The van der Waals surface area contributed by atoms with Crippen molar-refractivity contribution in [3.8, 4) is 0 Å². The molecule has 21 heavy (non-hydrogen) atoms. The molecular weight excluding hydrogens is 272 g/mol. The van der Waals surface area contributed by atoms with Crippen LogP contribution in [0.15, 0.2) is 6.20 Å². The Morgan fingerprint density at radius 3 is 2.81 bits per heavy atom. The summed E-state index contributed by atoms with van der Waals surface area (Å²) >= 11 is 0. The summed E-state index contributed by atoms with van der Waals surface area (Å²) in [6.45, 7) is 1.47. The second-order valence-electron chi connectivity index (χ2n) is 5.57. The Bertz CT molecular complexity index is 495. The molecule has 2 amide bonds. The summed E-state index contributed by atoms with van der Waals surface area (Å²) < 4.78 is 1.42. The maximum absolute atomic E-state index is 11.8. The van der Waals surface area contributed by atoms with Crippen LogP contribution < -0.4 is 10.6 Å². The van der Waals surface area contributed by atoms with E-state index in [1.54, 1.807) is 6.20 Å². The van der Waals surface area contributed by atoms with Crippen molar-refractivity contribution in [2.24, 2.45) is 5.92 Å². The van der Waals surface area contributed by atoms with E-state index in [0.717, 1.165) is 25.8 Å². The van der Waals surface area contributed by atoms with Gasteiger partial charge in [0.1, 0.15) is 6.54 Å². The van der Waals surface area contributed by atoms with E-state index < -0.39 is 0 Å². The normalized spacial score (nSPS) is 14.8. The molecule has 0 bridgehead atoms. The Balaban J connectivity index is 1.74. The fraction of sp³-hybridized carbons (Fsp3) is 0.692. The Labute approximate surface area is 123 Å². The predicted octanol–water partition coefficient (Wildman–Crippen LogP) is -0.305. The third-order valence-electron chi connectivity index (χ3n) is 3.45. The molecule has 2 N–H and O–H groups in total. The van der Waals surface area contributed by atoms with Crippen LogP contribution in [-0.4, -0.2) is 58.9 Å². The number of rotatable bonds is 7. The summed E-state index contributed by atoms with van der Waals surface area (Å²) in [5, 5.41) is 13.2. The maximum Gasteiger partial charge on any atom is 0.241 e. The third-order valence-corrected chi connectivity index (χ3v) is 3.45. The first-order chi connectivity index (χ1) is 10.0. The largest absolute Gasteiger partial charge is 0.353 e. The van der Waals surface area contributed by atoms with Gasteiger partial charge in [0.05, 0.1) is 6.20 Å². The van der Waals surface area contributed by atoms with Crippen molar-refractivity contribution in [3.05, 3.63) is 6.20 Å². The topological polar surface area (TPSA) is 92.2 Å². The van der Waals surface area contributed by atoms with Gasteiger partial charge in [-0.3, -0.25) is 9.59 Å². The minimum absolute atomic E-state index is 0.0104. The molecular formula is C13H22N6O2. The Morgan fingerprint density at radius 2 is 2.19 bits per heavy atom. The van der Waals surface area contributed by atoms with Gasteiger partial charge in [-0.05, 0) is 26.9 Å². The summed E-state index contributed by atoms with van der Waals surface area (Å²) in [5.74, 6) is 0.361. The minimum Gasteiger partial charge on any atom is -0.353 e. The van der Waals surface area contributed by atoms with Gasteiger partial charge in [-0.2, -0.15) is 0 Å². The highest BCUT2D eigenvalue weighted by molar-refractivity contribution is 5.92. The molecule has 116 valence electrons. The molecule has 1 fully saturated rings. The van der Waals surface area contributed by atoms with Gasteiger partial charge < -0.3 is 15.5 Å². The molecule has 1 aliphatic carbocycles. The number of hydrogen-bond donors (Lipinski definition) is 2. The van der Waals surface area contributed by atoms with Gasteiger partial charge in [0.25, 0.3) is 0 Å². The SMILES string of the molecule is CN(C)CCNC(=O)Cn1cc(NC(=O)C2CCC2)nn1. The van der Waals surface area contributed by atoms with Crippen molar-refractivity contribution in [1.29, 1.82) is 0 Å². The first kappa shape index (κ1) is 15.4. The molecule has 0 aliphatic heterocycles. The average Bonchev–Trinajstić information content (AvgIpc) is 2.73. The fourth-order valence-electron chi connectivity index (χ4n) is 1.95. The standard InChI is InChI=1S/C13H22N6O2/c1-18(2)7-6-14-12(20)9-19-8-11(16-17-19)15-13(21)10-4-3-5-10/h8,10H,3-7,9H2,1-2H3,(H,14,20)(H,15,21). The molecule has 8 heteroatoms. The molecule has 1 heterocycles. The van der Waals surface area contributed by atoms with Crippen LogP contribution in [-0.2, 0) is 16.1 Å². The Kier molecular flexibility index (Phi) is 5.26. The highest BCUT2D eigenvalue weighted by Gasteiger charge is 2.25. The van der Waals surface area contributed by atoms with Gasteiger partial charge in [-0.15, -0.1) is 5.10 Å². The van der Waals surface area contributed by atoms with Crippen molar-refractivity contribution in [2.75, 3.05) is 32.5 Å². The number of aromatic nitrogens is 3. The van der Waals surface area contributed by atoms with E-state index in [-0.39, 0.29) is 24.3 Å². The van der Waals surface area contributed by atoms with Crippen LogP contribution in [0.3, 0.4) is 0 Å². The average molecular weight is 294 g/mol. The van der Waals surface area contributed by atoms with E-state index in [2.05, 4.69) is 20.9 Å². The highest BCUT2D eigenvalue weighted by atomic mass is 16.2. The number of nitrogens with one attached hydrogen (secondary N) is 2. The van der Waals surface area contributed by atoms with Crippen LogP contribution in [0.1, 0.15) is 19.3 Å². The number of carbonyl (C=O) groups excluding carboxylic acids is 2. The molecule has 1 aromatic heterocycles.